The van der Waals surface area contributed by atoms with Crippen molar-refractivity contribution in [1.82, 2.24) is 21.0 Å². The van der Waals surface area contributed by atoms with Crippen LogP contribution in [0.4, 0.5) is 5.13 Å². The number of carbonyl (C=O) groups excluding carboxylic acids is 3. The highest BCUT2D eigenvalue weighted by molar-refractivity contribution is 7.15. The van der Waals surface area contributed by atoms with Crippen molar-refractivity contribution in [1.29, 1.82) is 0 Å². The van der Waals surface area contributed by atoms with E-state index in [1.54, 1.807) is 0 Å². The third-order valence-corrected chi connectivity index (χ3v) is 3.72. The maximum absolute atomic E-state index is 11.7. The second kappa shape index (κ2) is 10.7. The Morgan fingerprint density at radius 3 is 2.17 bits per heavy atom. The predicted octanol–water partition coefficient (Wildman–Crippen LogP) is 1.55. The Balaban J connectivity index is 2.33. The number of hydrazine groups is 1. The van der Waals surface area contributed by atoms with Gasteiger partial charge in [-0.1, -0.05) is 38.0 Å². The number of nitrogens with one attached hydrogen (secondary N) is 3. The Morgan fingerprint density at radius 1 is 0.913 bits per heavy atom. The first-order chi connectivity index (χ1) is 11.0. The summed E-state index contributed by atoms with van der Waals surface area (Å²) < 4.78 is 0. The average Bonchev–Trinajstić information content (AvgIpc) is 2.95. The topological polar surface area (TPSA) is 113 Å². The van der Waals surface area contributed by atoms with E-state index in [0.717, 1.165) is 37.0 Å². The van der Waals surface area contributed by atoms with Crippen molar-refractivity contribution in [3.63, 3.8) is 0 Å². The molecule has 1 aromatic rings. The second-order valence-electron chi connectivity index (χ2n) is 5.03. The van der Waals surface area contributed by atoms with Crippen molar-refractivity contribution >= 4 is 34.2 Å². The van der Waals surface area contributed by atoms with Crippen LogP contribution < -0.4 is 16.2 Å². The number of aromatic nitrogens is 2. The highest BCUT2D eigenvalue weighted by Gasteiger charge is 2.12. The van der Waals surface area contributed by atoms with Crippen molar-refractivity contribution in [3.05, 3.63) is 5.01 Å². The molecule has 1 heterocycles. The molecule has 128 valence electrons. The number of rotatable bonds is 9. The molecule has 0 fully saturated rings. The Hall–Kier alpha value is -2.03. The molecule has 0 saturated heterocycles. The molecule has 0 saturated carbocycles. The summed E-state index contributed by atoms with van der Waals surface area (Å²) >= 11 is 1.14. The molecule has 23 heavy (non-hydrogen) atoms. The lowest BCUT2D eigenvalue weighted by atomic mass is 10.2. The summed E-state index contributed by atoms with van der Waals surface area (Å²) in [5.41, 5.74) is 4.68. The van der Waals surface area contributed by atoms with Crippen LogP contribution >= 0.6 is 11.3 Å². The van der Waals surface area contributed by atoms with Crippen LogP contribution in [0.2, 0.25) is 0 Å². The molecule has 0 aliphatic carbocycles. The molecule has 0 aromatic carbocycles. The number of hydrogen-bond acceptors (Lipinski definition) is 6. The van der Waals surface area contributed by atoms with E-state index in [1.807, 2.05) is 13.8 Å². The van der Waals surface area contributed by atoms with Crippen LogP contribution in [0, 0.1) is 0 Å². The fourth-order valence-corrected chi connectivity index (χ4v) is 2.37. The lowest BCUT2D eigenvalue weighted by Crippen LogP contribution is -2.42. The van der Waals surface area contributed by atoms with E-state index < -0.39 is 0 Å². The van der Waals surface area contributed by atoms with Crippen molar-refractivity contribution < 1.29 is 14.4 Å². The Kier molecular flexibility index (Phi) is 8.81. The molecule has 8 nitrogen and oxygen atoms in total. The molecule has 0 radical (unpaired) electrons. The van der Waals surface area contributed by atoms with Crippen molar-refractivity contribution in [2.75, 3.05) is 5.32 Å². The van der Waals surface area contributed by atoms with Gasteiger partial charge in [-0.2, -0.15) is 0 Å². The summed E-state index contributed by atoms with van der Waals surface area (Å²) in [6.07, 6.45) is 4.27. The normalized spacial score (nSPS) is 10.2. The van der Waals surface area contributed by atoms with Gasteiger partial charge >= 0.3 is 0 Å². The van der Waals surface area contributed by atoms with Gasteiger partial charge in [0.25, 0.3) is 0 Å². The number of hydrogen-bond donors (Lipinski definition) is 3. The van der Waals surface area contributed by atoms with Crippen LogP contribution in [0.1, 0.15) is 57.4 Å². The van der Waals surface area contributed by atoms with Gasteiger partial charge in [0.1, 0.15) is 5.01 Å². The molecule has 3 N–H and O–H groups in total. The third-order valence-electron chi connectivity index (χ3n) is 2.88. The van der Waals surface area contributed by atoms with Gasteiger partial charge in [-0.25, -0.2) is 0 Å². The molecule has 0 aliphatic heterocycles. The minimum absolute atomic E-state index is 0.00342. The van der Waals surface area contributed by atoms with Gasteiger partial charge in [0.15, 0.2) is 0 Å². The molecule has 0 unspecified atom stereocenters. The van der Waals surface area contributed by atoms with E-state index in [0.29, 0.717) is 23.0 Å². The number of unbranched alkanes of at least 4 members (excludes halogenated alkanes) is 2. The molecule has 9 heteroatoms. The SMILES string of the molecule is CCCCC(=O)NNC(=O)Cc1nnc(NC(=O)CCCC)s1. The Morgan fingerprint density at radius 2 is 1.52 bits per heavy atom. The summed E-state index contributed by atoms with van der Waals surface area (Å²) in [5.74, 6) is -0.710. The van der Waals surface area contributed by atoms with Crippen molar-refractivity contribution in [2.24, 2.45) is 0 Å². The predicted molar refractivity (Wildman–Crippen MR) is 87.6 cm³/mol. The fourth-order valence-electron chi connectivity index (χ4n) is 1.62. The summed E-state index contributed by atoms with van der Waals surface area (Å²) in [5, 5.41) is 11.2. The first-order valence-corrected chi connectivity index (χ1v) is 8.56. The van der Waals surface area contributed by atoms with Crippen LogP contribution in [-0.4, -0.2) is 27.9 Å². The largest absolute Gasteiger partial charge is 0.301 e. The molecule has 0 aliphatic rings. The van der Waals surface area contributed by atoms with Crippen LogP contribution in [0.25, 0.3) is 0 Å². The number of amides is 3. The average molecular weight is 341 g/mol. The minimum Gasteiger partial charge on any atom is -0.301 e. The van der Waals surface area contributed by atoms with E-state index in [-0.39, 0.29) is 24.1 Å². The van der Waals surface area contributed by atoms with Crippen LogP contribution in [-0.2, 0) is 20.8 Å². The van der Waals surface area contributed by atoms with Crippen LogP contribution in [0.5, 0.6) is 0 Å². The zero-order chi connectivity index (χ0) is 17.1. The van der Waals surface area contributed by atoms with Crippen LogP contribution in [0.15, 0.2) is 0 Å². The molecule has 0 bridgehead atoms. The minimum atomic E-state index is -0.380. The summed E-state index contributed by atoms with van der Waals surface area (Å²) in [4.78, 5) is 34.6. The molecule has 1 aromatic heterocycles. The first kappa shape index (κ1) is 19.0. The fraction of sp³-hybridized carbons (Fsp3) is 0.643. The first-order valence-electron chi connectivity index (χ1n) is 7.75. The van der Waals surface area contributed by atoms with E-state index in [1.165, 1.54) is 0 Å². The monoisotopic (exact) mass is 341 g/mol. The lowest BCUT2D eigenvalue weighted by molar-refractivity contribution is -0.128. The van der Waals surface area contributed by atoms with E-state index in [9.17, 15) is 14.4 Å². The van der Waals surface area contributed by atoms with E-state index in [4.69, 9.17) is 0 Å². The molecule has 0 spiro atoms. The maximum atomic E-state index is 11.7. The third kappa shape index (κ3) is 8.24. The van der Waals surface area contributed by atoms with Gasteiger partial charge in [0.2, 0.25) is 22.9 Å². The molecular formula is C14H23N5O3S. The van der Waals surface area contributed by atoms with Gasteiger partial charge in [0.05, 0.1) is 6.42 Å². The summed E-state index contributed by atoms with van der Waals surface area (Å²) in [6, 6.07) is 0. The standard InChI is InChI=1S/C14H23N5O3S/c1-3-5-7-10(20)15-14-19-18-13(23-14)9-12(22)17-16-11(21)8-6-4-2/h3-9H2,1-2H3,(H,16,21)(H,17,22)(H,15,19,20). The van der Waals surface area contributed by atoms with Gasteiger partial charge in [-0.3, -0.25) is 25.2 Å². The number of carbonyl (C=O) groups is 3. The van der Waals surface area contributed by atoms with E-state index in [2.05, 4.69) is 26.4 Å². The Labute approximate surface area is 139 Å². The van der Waals surface area contributed by atoms with E-state index >= 15 is 0 Å². The lowest BCUT2D eigenvalue weighted by Gasteiger charge is -2.05. The zero-order valence-electron chi connectivity index (χ0n) is 13.5. The van der Waals surface area contributed by atoms with Crippen molar-refractivity contribution in [2.45, 2.75) is 58.8 Å². The van der Waals surface area contributed by atoms with Gasteiger partial charge in [-0.05, 0) is 12.8 Å². The molecule has 0 atom stereocenters. The highest BCUT2D eigenvalue weighted by Crippen LogP contribution is 2.16. The zero-order valence-corrected chi connectivity index (χ0v) is 14.3. The van der Waals surface area contributed by atoms with Crippen molar-refractivity contribution in [3.8, 4) is 0 Å². The van der Waals surface area contributed by atoms with Crippen LogP contribution in [0.3, 0.4) is 0 Å². The maximum Gasteiger partial charge on any atom is 0.245 e. The summed E-state index contributed by atoms with van der Waals surface area (Å²) in [6.45, 7) is 4.00. The smallest absolute Gasteiger partial charge is 0.245 e. The van der Waals surface area contributed by atoms with Gasteiger partial charge in [-0.15, -0.1) is 10.2 Å². The molecule has 3 amide bonds. The van der Waals surface area contributed by atoms with Gasteiger partial charge < -0.3 is 5.32 Å². The summed E-state index contributed by atoms with van der Waals surface area (Å²) in [7, 11) is 0. The second-order valence-corrected chi connectivity index (χ2v) is 6.09. The number of anilines is 1. The molecule has 1 rings (SSSR count). The highest BCUT2D eigenvalue weighted by atomic mass is 32.1. The Bertz CT molecular complexity index is 532. The molecular weight excluding hydrogens is 318 g/mol. The quantitative estimate of drug-likeness (QED) is 0.590. The number of nitrogens with zero attached hydrogens (tertiary/aromatic N) is 2. The van der Waals surface area contributed by atoms with Gasteiger partial charge in [0, 0.05) is 12.8 Å².